The monoisotopic (exact) mass is 308 g/mol. The number of anilines is 1. The lowest BCUT2D eigenvalue weighted by molar-refractivity contribution is 0.102. The summed E-state index contributed by atoms with van der Waals surface area (Å²) in [6.45, 7) is 1.90. The fourth-order valence-corrected chi connectivity index (χ4v) is 3.09. The number of fused-ring (bicyclic) bond motifs is 3. The van der Waals surface area contributed by atoms with E-state index in [1.807, 2.05) is 42.6 Å². The van der Waals surface area contributed by atoms with Gasteiger partial charge in [0.1, 0.15) is 5.69 Å². The third-order valence-corrected chi connectivity index (χ3v) is 4.25. The highest BCUT2D eigenvalue weighted by Crippen LogP contribution is 2.27. The summed E-state index contributed by atoms with van der Waals surface area (Å²) < 4.78 is 0. The van der Waals surface area contributed by atoms with E-state index in [0.717, 1.165) is 27.5 Å². The predicted molar refractivity (Wildman–Crippen MR) is 88.4 cm³/mol. The Hall–Kier alpha value is -2.73. The summed E-state index contributed by atoms with van der Waals surface area (Å²) in [5, 5.41) is 7.25. The van der Waals surface area contributed by atoms with E-state index in [2.05, 4.69) is 20.3 Å². The van der Waals surface area contributed by atoms with Crippen LogP contribution in [0.4, 0.5) is 5.13 Å². The van der Waals surface area contributed by atoms with Crippen molar-refractivity contribution in [1.29, 1.82) is 0 Å². The molecule has 4 aromatic rings. The van der Waals surface area contributed by atoms with Gasteiger partial charge >= 0.3 is 0 Å². The van der Waals surface area contributed by atoms with Gasteiger partial charge in [0, 0.05) is 27.9 Å². The second kappa shape index (κ2) is 4.92. The number of carbonyl (C=O) groups excluding carboxylic acids is 1. The molecule has 0 unspecified atom stereocenters. The van der Waals surface area contributed by atoms with E-state index in [9.17, 15) is 4.79 Å². The molecule has 22 heavy (non-hydrogen) atoms. The van der Waals surface area contributed by atoms with Gasteiger partial charge in [-0.1, -0.05) is 18.2 Å². The van der Waals surface area contributed by atoms with Crippen molar-refractivity contribution in [1.82, 2.24) is 15.0 Å². The van der Waals surface area contributed by atoms with Gasteiger partial charge in [-0.2, -0.15) is 0 Å². The molecule has 0 aliphatic carbocycles. The number of hydrogen-bond donors (Lipinski definition) is 2. The summed E-state index contributed by atoms with van der Waals surface area (Å²) in [6, 6.07) is 9.85. The van der Waals surface area contributed by atoms with Crippen molar-refractivity contribution in [2.24, 2.45) is 0 Å². The molecule has 1 amide bonds. The van der Waals surface area contributed by atoms with Gasteiger partial charge in [0.2, 0.25) is 0 Å². The zero-order valence-electron chi connectivity index (χ0n) is 11.8. The molecular formula is C16H12N4OS. The van der Waals surface area contributed by atoms with Crippen molar-refractivity contribution < 1.29 is 4.79 Å². The first-order valence-corrected chi connectivity index (χ1v) is 7.69. The van der Waals surface area contributed by atoms with Gasteiger partial charge in [0.15, 0.2) is 5.13 Å². The highest BCUT2D eigenvalue weighted by Gasteiger charge is 2.14. The van der Waals surface area contributed by atoms with Gasteiger partial charge in [-0.3, -0.25) is 10.1 Å². The number of nitrogens with one attached hydrogen (secondary N) is 2. The molecule has 4 rings (SSSR count). The van der Waals surface area contributed by atoms with Crippen LogP contribution in [0, 0.1) is 6.92 Å². The molecule has 2 N–H and O–H groups in total. The lowest BCUT2D eigenvalue weighted by Gasteiger charge is -2.03. The topological polar surface area (TPSA) is 70.7 Å². The van der Waals surface area contributed by atoms with E-state index < -0.39 is 0 Å². The molecule has 3 aromatic heterocycles. The Morgan fingerprint density at radius 2 is 2.14 bits per heavy atom. The molecule has 6 heteroatoms. The second-order valence-electron chi connectivity index (χ2n) is 4.98. The summed E-state index contributed by atoms with van der Waals surface area (Å²) in [6.07, 6.45) is 1.65. The van der Waals surface area contributed by atoms with Crippen LogP contribution in [-0.2, 0) is 0 Å². The first-order valence-electron chi connectivity index (χ1n) is 6.81. The minimum atomic E-state index is -0.245. The highest BCUT2D eigenvalue weighted by molar-refractivity contribution is 7.13. The van der Waals surface area contributed by atoms with Crippen molar-refractivity contribution in [3.8, 4) is 0 Å². The zero-order valence-corrected chi connectivity index (χ0v) is 12.6. The van der Waals surface area contributed by atoms with E-state index in [4.69, 9.17) is 0 Å². The fourth-order valence-electron chi connectivity index (χ4n) is 2.57. The van der Waals surface area contributed by atoms with E-state index in [-0.39, 0.29) is 5.91 Å². The number of rotatable bonds is 2. The molecule has 0 aliphatic rings. The Bertz CT molecular complexity index is 988. The van der Waals surface area contributed by atoms with Crippen molar-refractivity contribution in [2.75, 3.05) is 5.32 Å². The van der Waals surface area contributed by atoms with Gasteiger partial charge in [0.25, 0.3) is 5.91 Å². The van der Waals surface area contributed by atoms with Crippen molar-refractivity contribution in [2.45, 2.75) is 6.92 Å². The molecule has 0 saturated carbocycles. The van der Waals surface area contributed by atoms with E-state index >= 15 is 0 Å². The Labute approximate surface area is 130 Å². The largest absolute Gasteiger partial charge is 0.353 e. The molecule has 0 saturated heterocycles. The van der Waals surface area contributed by atoms with Crippen LogP contribution in [0.1, 0.15) is 16.2 Å². The quantitative estimate of drug-likeness (QED) is 0.592. The first kappa shape index (κ1) is 13.0. The van der Waals surface area contributed by atoms with Gasteiger partial charge in [-0.25, -0.2) is 9.97 Å². The van der Waals surface area contributed by atoms with Crippen LogP contribution in [0.3, 0.4) is 0 Å². The van der Waals surface area contributed by atoms with Crippen LogP contribution in [0.25, 0.3) is 21.8 Å². The predicted octanol–water partition coefficient (Wildman–Crippen LogP) is 3.73. The zero-order chi connectivity index (χ0) is 15.1. The number of para-hydroxylation sites is 1. The fraction of sp³-hybridized carbons (Fsp3) is 0.0625. The minimum absolute atomic E-state index is 0.245. The van der Waals surface area contributed by atoms with E-state index in [1.165, 1.54) is 11.3 Å². The Balaban J connectivity index is 1.85. The number of thiazole rings is 1. The number of nitrogens with zero attached hydrogens (tertiary/aromatic N) is 2. The number of aryl methyl sites for hydroxylation is 1. The Kier molecular flexibility index (Phi) is 2.90. The molecule has 0 radical (unpaired) electrons. The normalized spacial score (nSPS) is 11.1. The first-order chi connectivity index (χ1) is 10.7. The molecule has 5 nitrogen and oxygen atoms in total. The Morgan fingerprint density at radius 1 is 1.27 bits per heavy atom. The van der Waals surface area contributed by atoms with Crippen LogP contribution in [0.2, 0.25) is 0 Å². The van der Waals surface area contributed by atoms with Crippen molar-refractivity contribution in [3.05, 3.63) is 53.3 Å². The standard InChI is InChI=1S/C16H12N4OS/c1-9-14-11(10-4-2-3-5-12(10)19-14)8-13(18-9)15(21)20-16-17-6-7-22-16/h2-8,19H,1H3,(H,17,20,21). The van der Waals surface area contributed by atoms with E-state index in [1.54, 1.807) is 6.20 Å². The average Bonchev–Trinajstić information content (AvgIpc) is 3.15. The molecule has 0 aliphatic heterocycles. The maximum Gasteiger partial charge on any atom is 0.276 e. The summed E-state index contributed by atoms with van der Waals surface area (Å²) >= 11 is 1.38. The van der Waals surface area contributed by atoms with E-state index in [0.29, 0.717) is 10.8 Å². The molecule has 3 heterocycles. The number of carbonyl (C=O) groups is 1. The number of benzene rings is 1. The van der Waals surface area contributed by atoms with Crippen LogP contribution in [0.5, 0.6) is 0 Å². The number of amides is 1. The SMILES string of the molecule is Cc1nc(C(=O)Nc2nccs2)cc2c1[nH]c1ccccc12. The number of hydrogen-bond acceptors (Lipinski definition) is 4. The Morgan fingerprint density at radius 3 is 2.95 bits per heavy atom. The number of aromatic nitrogens is 3. The van der Waals surface area contributed by atoms with Crippen LogP contribution >= 0.6 is 11.3 Å². The lowest BCUT2D eigenvalue weighted by Crippen LogP contribution is -2.14. The van der Waals surface area contributed by atoms with Crippen LogP contribution in [-0.4, -0.2) is 20.9 Å². The van der Waals surface area contributed by atoms with Gasteiger partial charge < -0.3 is 4.98 Å². The summed E-state index contributed by atoms with van der Waals surface area (Å²) in [5.74, 6) is -0.245. The van der Waals surface area contributed by atoms with Gasteiger partial charge in [-0.15, -0.1) is 11.3 Å². The summed E-state index contributed by atoms with van der Waals surface area (Å²) in [5.41, 5.74) is 3.20. The van der Waals surface area contributed by atoms with Crippen molar-refractivity contribution in [3.63, 3.8) is 0 Å². The van der Waals surface area contributed by atoms with Crippen LogP contribution in [0.15, 0.2) is 41.9 Å². The smallest absolute Gasteiger partial charge is 0.276 e. The minimum Gasteiger partial charge on any atom is -0.353 e. The third-order valence-electron chi connectivity index (χ3n) is 3.56. The van der Waals surface area contributed by atoms with Gasteiger partial charge in [0.05, 0.1) is 11.2 Å². The summed E-state index contributed by atoms with van der Waals surface area (Å²) in [7, 11) is 0. The third kappa shape index (κ3) is 2.05. The molecule has 0 atom stereocenters. The summed E-state index contributed by atoms with van der Waals surface area (Å²) in [4.78, 5) is 24.2. The average molecular weight is 308 g/mol. The molecule has 0 bridgehead atoms. The van der Waals surface area contributed by atoms with Crippen molar-refractivity contribution >= 4 is 44.2 Å². The second-order valence-corrected chi connectivity index (χ2v) is 5.87. The number of H-pyrrole nitrogens is 1. The molecule has 1 aromatic carbocycles. The number of aromatic amines is 1. The maximum absolute atomic E-state index is 12.3. The van der Waals surface area contributed by atoms with Crippen LogP contribution < -0.4 is 5.32 Å². The van der Waals surface area contributed by atoms with Gasteiger partial charge in [-0.05, 0) is 19.1 Å². The molecule has 108 valence electrons. The molecular weight excluding hydrogens is 296 g/mol. The number of pyridine rings is 1. The highest BCUT2D eigenvalue weighted by atomic mass is 32.1. The lowest BCUT2D eigenvalue weighted by atomic mass is 10.1. The molecule has 0 fully saturated rings. The maximum atomic E-state index is 12.3. The molecule has 0 spiro atoms.